The summed E-state index contributed by atoms with van der Waals surface area (Å²) < 4.78 is 0. The summed E-state index contributed by atoms with van der Waals surface area (Å²) in [5.41, 5.74) is 11.6. The zero-order valence-electron chi connectivity index (χ0n) is 22.1. The zero-order valence-corrected chi connectivity index (χ0v) is 23.7. The third-order valence-corrected chi connectivity index (χ3v) is 8.98. The summed E-state index contributed by atoms with van der Waals surface area (Å²) in [5.74, 6) is -0.0475. The molecule has 0 spiro atoms. The van der Waals surface area contributed by atoms with Gasteiger partial charge in [-0.3, -0.25) is 15.1 Å². The number of benzene rings is 2. The van der Waals surface area contributed by atoms with Crippen molar-refractivity contribution in [3.05, 3.63) is 69.9 Å². The summed E-state index contributed by atoms with van der Waals surface area (Å²) in [7, 11) is 2.16. The Bertz CT molecular complexity index is 1280. The number of nitrogens with two attached hydrogens (primary N) is 1. The van der Waals surface area contributed by atoms with Crippen LogP contribution in [0.1, 0.15) is 35.6 Å². The number of carbonyl (C=O) groups excluding carboxylic acids is 1. The number of thioether (sulfide) groups is 1. The van der Waals surface area contributed by atoms with Crippen molar-refractivity contribution in [2.24, 2.45) is 0 Å². The maximum Gasteiger partial charge on any atom is 0.246 e. The number of piperazine rings is 1. The van der Waals surface area contributed by atoms with Gasteiger partial charge < -0.3 is 20.9 Å². The standard InChI is InChI=1S/C29H36N6OS2/c1-33-12-14-34(15-13-33)25-8-5-20(17-26(25)37-2)27(31)23-18-22(6-7-24(23)30)32-29(36)28(21-9-16-38-19-21)35-10-3-4-11-35/h5-9,16-19,28,31H,3-4,10-15,30H2,1-2H3,(H,32,36). The molecular formula is C29H36N6OS2. The van der Waals surface area contributed by atoms with Crippen LogP contribution < -0.4 is 16.0 Å². The number of likely N-dealkylation sites (N-methyl/N-ethyl adjacent to an activating group) is 1. The highest BCUT2D eigenvalue weighted by Gasteiger charge is 2.30. The lowest BCUT2D eigenvalue weighted by Gasteiger charge is -2.35. The molecule has 5 rings (SSSR count). The average molecular weight is 549 g/mol. The van der Waals surface area contributed by atoms with E-state index < -0.39 is 0 Å². The van der Waals surface area contributed by atoms with Gasteiger partial charge in [0.25, 0.3) is 0 Å². The molecule has 2 aliphatic rings. The Labute approximate surface area is 233 Å². The molecule has 1 aromatic heterocycles. The number of hydrogen-bond donors (Lipinski definition) is 3. The van der Waals surface area contributed by atoms with Gasteiger partial charge in [-0.25, -0.2) is 0 Å². The second-order valence-corrected chi connectivity index (χ2v) is 11.7. The van der Waals surface area contributed by atoms with Crippen LogP contribution in [0.5, 0.6) is 0 Å². The number of thiophene rings is 1. The molecule has 1 unspecified atom stereocenters. The molecule has 0 bridgehead atoms. The zero-order chi connectivity index (χ0) is 26.6. The molecule has 3 aromatic rings. The van der Waals surface area contributed by atoms with Crippen molar-refractivity contribution in [1.82, 2.24) is 9.80 Å². The smallest absolute Gasteiger partial charge is 0.246 e. The van der Waals surface area contributed by atoms with Gasteiger partial charge in [0.2, 0.25) is 5.91 Å². The lowest BCUT2D eigenvalue weighted by atomic mass is 9.99. The second-order valence-electron chi connectivity index (χ2n) is 10.0. The van der Waals surface area contributed by atoms with Crippen molar-refractivity contribution in [2.75, 3.05) is 68.5 Å². The van der Waals surface area contributed by atoms with E-state index >= 15 is 0 Å². The van der Waals surface area contributed by atoms with Gasteiger partial charge in [-0.05, 0) is 92.0 Å². The van der Waals surface area contributed by atoms with E-state index in [1.807, 2.05) is 29.6 Å². The lowest BCUT2D eigenvalue weighted by molar-refractivity contribution is -0.121. The molecule has 38 heavy (non-hydrogen) atoms. The van der Waals surface area contributed by atoms with Crippen LogP contribution >= 0.6 is 23.1 Å². The maximum atomic E-state index is 13.5. The number of nitrogens with one attached hydrogen (secondary N) is 2. The second kappa shape index (κ2) is 11.9. The van der Waals surface area contributed by atoms with Crippen molar-refractivity contribution in [3.63, 3.8) is 0 Å². The van der Waals surface area contributed by atoms with Gasteiger partial charge in [0.05, 0.1) is 11.4 Å². The highest BCUT2D eigenvalue weighted by molar-refractivity contribution is 7.98. The highest BCUT2D eigenvalue weighted by Crippen LogP contribution is 2.33. The van der Waals surface area contributed by atoms with Gasteiger partial charge in [0.15, 0.2) is 0 Å². The first-order chi connectivity index (χ1) is 18.4. The summed E-state index contributed by atoms with van der Waals surface area (Å²) >= 11 is 3.31. The third kappa shape index (κ3) is 5.76. The van der Waals surface area contributed by atoms with E-state index in [4.69, 9.17) is 11.1 Å². The topological polar surface area (TPSA) is 88.7 Å². The molecule has 0 saturated carbocycles. The predicted octanol–water partition coefficient (Wildman–Crippen LogP) is 5.00. The van der Waals surface area contributed by atoms with E-state index in [1.54, 1.807) is 29.2 Å². The molecule has 2 aliphatic heterocycles. The van der Waals surface area contributed by atoms with Crippen LogP contribution in [0.2, 0.25) is 0 Å². The number of amides is 1. The number of anilines is 3. The van der Waals surface area contributed by atoms with Gasteiger partial charge in [-0.15, -0.1) is 11.8 Å². The third-order valence-electron chi connectivity index (χ3n) is 7.52. The lowest BCUT2D eigenvalue weighted by Crippen LogP contribution is -2.44. The molecular weight excluding hydrogens is 512 g/mol. The first-order valence-corrected chi connectivity index (χ1v) is 15.3. The number of hydrogen-bond acceptors (Lipinski definition) is 8. The van der Waals surface area contributed by atoms with E-state index in [-0.39, 0.29) is 11.9 Å². The Morgan fingerprint density at radius 3 is 2.50 bits per heavy atom. The fourth-order valence-corrected chi connectivity index (χ4v) is 6.65. The quantitative estimate of drug-likeness (QED) is 0.209. The summed E-state index contributed by atoms with van der Waals surface area (Å²) in [6, 6.07) is 13.4. The molecule has 200 valence electrons. The minimum Gasteiger partial charge on any atom is -0.398 e. The number of nitrogen functional groups attached to an aromatic ring is 1. The van der Waals surface area contributed by atoms with Crippen LogP contribution in [0.3, 0.4) is 0 Å². The van der Waals surface area contributed by atoms with Crippen molar-refractivity contribution < 1.29 is 4.79 Å². The molecule has 1 amide bonds. The van der Waals surface area contributed by atoms with Crippen molar-refractivity contribution in [3.8, 4) is 0 Å². The average Bonchev–Trinajstić information content (AvgIpc) is 3.65. The van der Waals surface area contributed by atoms with Gasteiger partial charge in [0, 0.05) is 53.6 Å². The molecule has 2 fully saturated rings. The molecule has 9 heteroatoms. The minimum absolute atomic E-state index is 0.0475. The number of likely N-dealkylation sites (tertiary alicyclic amines) is 1. The van der Waals surface area contributed by atoms with E-state index in [0.29, 0.717) is 22.6 Å². The van der Waals surface area contributed by atoms with Gasteiger partial charge >= 0.3 is 0 Å². The first-order valence-electron chi connectivity index (χ1n) is 13.1. The van der Waals surface area contributed by atoms with Crippen LogP contribution in [0.4, 0.5) is 17.1 Å². The fraction of sp³-hybridized carbons (Fsp3) is 0.379. The fourth-order valence-electron chi connectivity index (χ4n) is 5.32. The summed E-state index contributed by atoms with van der Waals surface area (Å²) in [6.45, 7) is 5.94. The number of nitrogens with zero attached hydrogens (tertiary/aromatic N) is 3. The van der Waals surface area contributed by atoms with Crippen molar-refractivity contribution in [1.29, 1.82) is 5.41 Å². The summed E-state index contributed by atoms with van der Waals surface area (Å²) in [5, 5.41) is 16.2. The van der Waals surface area contributed by atoms with Crippen molar-refractivity contribution in [2.45, 2.75) is 23.8 Å². The molecule has 3 heterocycles. The molecule has 7 nitrogen and oxygen atoms in total. The summed E-state index contributed by atoms with van der Waals surface area (Å²) in [4.78, 5) is 21.7. The van der Waals surface area contributed by atoms with Crippen LogP contribution in [0.15, 0.2) is 58.1 Å². The Balaban J connectivity index is 1.36. The summed E-state index contributed by atoms with van der Waals surface area (Å²) in [6.07, 6.45) is 4.31. The van der Waals surface area contributed by atoms with E-state index in [2.05, 4.69) is 50.8 Å². The van der Waals surface area contributed by atoms with Gasteiger partial charge in [-0.2, -0.15) is 11.3 Å². The molecule has 1 atom stereocenters. The predicted molar refractivity (Wildman–Crippen MR) is 161 cm³/mol. The molecule has 2 saturated heterocycles. The molecule has 2 aromatic carbocycles. The van der Waals surface area contributed by atoms with Crippen molar-refractivity contribution >= 4 is 51.8 Å². The monoisotopic (exact) mass is 548 g/mol. The highest BCUT2D eigenvalue weighted by atomic mass is 32.2. The molecule has 0 aliphatic carbocycles. The van der Waals surface area contributed by atoms with Crippen LogP contribution in [0.25, 0.3) is 0 Å². The Morgan fingerprint density at radius 1 is 1.05 bits per heavy atom. The maximum absolute atomic E-state index is 13.5. The molecule has 4 N–H and O–H groups in total. The van der Waals surface area contributed by atoms with Gasteiger partial charge in [0.1, 0.15) is 6.04 Å². The van der Waals surface area contributed by atoms with Crippen LogP contribution in [-0.4, -0.2) is 74.0 Å². The SMILES string of the molecule is CSc1cc(C(=N)c2cc(NC(=O)C(c3ccsc3)N3CCCC3)ccc2N)ccc1N1CCN(C)CC1. The minimum atomic E-state index is -0.310. The van der Waals surface area contributed by atoms with Gasteiger partial charge in [-0.1, -0.05) is 6.07 Å². The van der Waals surface area contributed by atoms with Crippen LogP contribution in [-0.2, 0) is 4.79 Å². The Morgan fingerprint density at radius 2 is 1.82 bits per heavy atom. The number of rotatable bonds is 8. The Hall–Kier alpha value is -2.85. The van der Waals surface area contributed by atoms with E-state index in [1.165, 1.54) is 5.69 Å². The Kier molecular flexibility index (Phi) is 8.38. The normalized spacial score (nSPS) is 17.5. The first kappa shape index (κ1) is 26.7. The number of carbonyl (C=O) groups is 1. The van der Waals surface area contributed by atoms with Crippen LogP contribution in [0, 0.1) is 5.41 Å². The molecule has 0 radical (unpaired) electrons. The largest absolute Gasteiger partial charge is 0.398 e. The van der Waals surface area contributed by atoms with E-state index in [0.717, 1.165) is 68.1 Å². The van der Waals surface area contributed by atoms with E-state index in [9.17, 15) is 4.79 Å².